The van der Waals surface area contributed by atoms with Crippen LogP contribution in [0.15, 0.2) is 29.2 Å². The van der Waals surface area contributed by atoms with E-state index in [4.69, 9.17) is 11.6 Å². The molecule has 8 heteroatoms. The minimum atomic E-state index is -3.58. The van der Waals surface area contributed by atoms with Crippen LogP contribution in [-0.2, 0) is 10.0 Å². The van der Waals surface area contributed by atoms with Gasteiger partial charge in [0.05, 0.1) is 11.4 Å². The topological polar surface area (TPSA) is 62.6 Å². The van der Waals surface area contributed by atoms with Gasteiger partial charge < -0.3 is 4.57 Å². The smallest absolute Gasteiger partial charge is 0.243 e. The van der Waals surface area contributed by atoms with Crippen LogP contribution < -0.4 is 0 Å². The van der Waals surface area contributed by atoms with E-state index in [0.717, 1.165) is 22.5 Å². The largest absolute Gasteiger partial charge is 0.345 e. The van der Waals surface area contributed by atoms with Crippen LogP contribution in [0.2, 0.25) is 5.02 Å². The molecule has 30 heavy (non-hydrogen) atoms. The van der Waals surface area contributed by atoms with Crippen molar-refractivity contribution >= 4 is 27.4 Å². The third-order valence-electron chi connectivity index (χ3n) is 6.18. The molecule has 2 aromatic rings. The highest BCUT2D eigenvalue weighted by Gasteiger charge is 2.31. The van der Waals surface area contributed by atoms with E-state index in [1.54, 1.807) is 12.1 Å². The first-order valence-corrected chi connectivity index (χ1v) is 12.2. The minimum absolute atomic E-state index is 0.108. The summed E-state index contributed by atoms with van der Waals surface area (Å²) >= 11 is 6.12. The molecule has 1 aliphatic carbocycles. The first kappa shape index (κ1) is 21.6. The molecule has 0 unspecified atom stereocenters. The number of aryl methyl sites for hydroxylation is 2. The van der Waals surface area contributed by atoms with Crippen LogP contribution in [0.5, 0.6) is 0 Å². The predicted octanol–water partition coefficient (Wildman–Crippen LogP) is 3.59. The summed E-state index contributed by atoms with van der Waals surface area (Å²) in [6.45, 7) is 8.04. The number of hydrogen-bond donors (Lipinski definition) is 0. The number of carbonyl (C=O) groups is 1. The summed E-state index contributed by atoms with van der Waals surface area (Å²) in [5.41, 5.74) is 3.84. The SMILES string of the molecule is Cc1ccc(S(=O)(=O)N2CCN(CC(=O)c3cc(C)n(C4CC4)c3C)CC2)cc1Cl. The maximum absolute atomic E-state index is 12.9. The Morgan fingerprint density at radius 3 is 2.33 bits per heavy atom. The number of aromatic nitrogens is 1. The first-order valence-electron chi connectivity index (χ1n) is 10.4. The second kappa shape index (κ2) is 8.11. The Kier molecular flexibility index (Phi) is 5.83. The van der Waals surface area contributed by atoms with Crippen molar-refractivity contribution in [2.24, 2.45) is 0 Å². The van der Waals surface area contributed by atoms with E-state index in [-0.39, 0.29) is 10.7 Å². The molecule has 4 rings (SSSR count). The Morgan fingerprint density at radius 2 is 1.73 bits per heavy atom. The van der Waals surface area contributed by atoms with Gasteiger partial charge in [-0.1, -0.05) is 17.7 Å². The minimum Gasteiger partial charge on any atom is -0.345 e. The summed E-state index contributed by atoms with van der Waals surface area (Å²) in [4.78, 5) is 15.2. The highest BCUT2D eigenvalue weighted by molar-refractivity contribution is 7.89. The Bertz CT molecular complexity index is 1080. The van der Waals surface area contributed by atoms with E-state index >= 15 is 0 Å². The molecule has 1 saturated carbocycles. The van der Waals surface area contributed by atoms with Crippen molar-refractivity contribution in [3.63, 3.8) is 0 Å². The maximum atomic E-state index is 12.9. The van der Waals surface area contributed by atoms with Crippen LogP contribution in [0, 0.1) is 20.8 Å². The number of nitrogens with zero attached hydrogens (tertiary/aromatic N) is 3. The lowest BCUT2D eigenvalue weighted by molar-refractivity contribution is 0.0901. The third kappa shape index (κ3) is 4.08. The van der Waals surface area contributed by atoms with E-state index in [1.807, 2.05) is 24.8 Å². The van der Waals surface area contributed by atoms with Crippen LogP contribution in [-0.4, -0.2) is 60.7 Å². The molecule has 1 aromatic carbocycles. The molecule has 1 aliphatic heterocycles. The normalized spacial score (nSPS) is 18.7. The van der Waals surface area contributed by atoms with Crippen LogP contribution in [0.4, 0.5) is 0 Å². The maximum Gasteiger partial charge on any atom is 0.243 e. The molecule has 0 N–H and O–H groups in total. The fourth-order valence-corrected chi connectivity index (χ4v) is 5.95. The Labute approximate surface area is 183 Å². The summed E-state index contributed by atoms with van der Waals surface area (Å²) in [5, 5.41) is 0.448. The number of sulfonamides is 1. The van der Waals surface area contributed by atoms with Gasteiger partial charge in [0.15, 0.2) is 5.78 Å². The second-order valence-electron chi connectivity index (χ2n) is 8.40. The molecule has 0 amide bonds. The highest BCUT2D eigenvalue weighted by atomic mass is 35.5. The number of halogens is 1. The molecule has 6 nitrogen and oxygen atoms in total. The zero-order valence-electron chi connectivity index (χ0n) is 17.7. The average Bonchev–Trinajstić information content (AvgIpc) is 3.48. The standard InChI is InChI=1S/C22H28ClN3O3S/c1-15-4-7-19(13-21(15)23)30(28,29)25-10-8-24(9-11-25)14-22(27)20-12-16(2)26(17(20)3)18-5-6-18/h4,7,12-13,18H,5-6,8-11,14H2,1-3H3. The molecule has 2 heterocycles. The molecule has 1 saturated heterocycles. The van der Waals surface area contributed by atoms with Gasteiger partial charge in [0.25, 0.3) is 0 Å². The fraction of sp³-hybridized carbons (Fsp3) is 0.500. The number of hydrogen-bond acceptors (Lipinski definition) is 4. The summed E-state index contributed by atoms with van der Waals surface area (Å²) < 4.78 is 29.6. The molecule has 2 aliphatic rings. The molecular formula is C22H28ClN3O3S. The number of carbonyl (C=O) groups excluding carboxylic acids is 1. The van der Waals surface area contributed by atoms with Crippen molar-refractivity contribution in [1.82, 2.24) is 13.8 Å². The van der Waals surface area contributed by atoms with Crippen molar-refractivity contribution < 1.29 is 13.2 Å². The van der Waals surface area contributed by atoms with E-state index in [2.05, 4.69) is 11.5 Å². The molecule has 0 bridgehead atoms. The van der Waals surface area contributed by atoms with Gasteiger partial charge in [0, 0.05) is 54.2 Å². The van der Waals surface area contributed by atoms with Crippen molar-refractivity contribution in [3.05, 3.63) is 51.8 Å². The zero-order chi connectivity index (χ0) is 21.6. The molecule has 1 aromatic heterocycles. The van der Waals surface area contributed by atoms with Crippen LogP contribution in [0.1, 0.15) is 46.2 Å². The molecule has 0 radical (unpaired) electrons. The molecule has 0 spiro atoms. The van der Waals surface area contributed by atoms with Crippen molar-refractivity contribution in [2.45, 2.75) is 44.6 Å². The second-order valence-corrected chi connectivity index (χ2v) is 10.7. The lowest BCUT2D eigenvalue weighted by Gasteiger charge is -2.33. The fourth-order valence-electron chi connectivity index (χ4n) is 4.25. The zero-order valence-corrected chi connectivity index (χ0v) is 19.3. The Morgan fingerprint density at radius 1 is 1.07 bits per heavy atom. The number of ketones is 1. The monoisotopic (exact) mass is 449 g/mol. The van der Waals surface area contributed by atoms with Gasteiger partial charge in [-0.25, -0.2) is 8.42 Å². The number of piperazine rings is 1. The van der Waals surface area contributed by atoms with Gasteiger partial charge in [0.1, 0.15) is 0 Å². The summed E-state index contributed by atoms with van der Waals surface area (Å²) in [5.74, 6) is 0.108. The predicted molar refractivity (Wildman–Crippen MR) is 118 cm³/mol. The molecule has 162 valence electrons. The van der Waals surface area contributed by atoms with Gasteiger partial charge in [-0.15, -0.1) is 0 Å². The number of Topliss-reactive ketones (excluding diaryl/α,β-unsaturated/α-hetero) is 1. The Hall–Kier alpha value is -1.67. The van der Waals surface area contributed by atoms with Crippen molar-refractivity contribution in [1.29, 1.82) is 0 Å². The van der Waals surface area contributed by atoms with Gasteiger partial charge >= 0.3 is 0 Å². The van der Waals surface area contributed by atoms with E-state index < -0.39 is 10.0 Å². The lowest BCUT2D eigenvalue weighted by atomic mass is 10.1. The summed E-state index contributed by atoms with van der Waals surface area (Å²) in [6.07, 6.45) is 2.37. The molecule has 0 atom stereocenters. The first-order chi connectivity index (χ1) is 14.2. The summed E-state index contributed by atoms with van der Waals surface area (Å²) in [6, 6.07) is 7.38. The van der Waals surface area contributed by atoms with Crippen LogP contribution >= 0.6 is 11.6 Å². The lowest BCUT2D eigenvalue weighted by Crippen LogP contribution is -2.49. The number of benzene rings is 1. The van der Waals surface area contributed by atoms with E-state index in [1.165, 1.54) is 23.2 Å². The quantitative estimate of drug-likeness (QED) is 0.632. The van der Waals surface area contributed by atoms with Gasteiger partial charge in [-0.2, -0.15) is 4.31 Å². The van der Waals surface area contributed by atoms with Crippen LogP contribution in [0.25, 0.3) is 0 Å². The highest BCUT2D eigenvalue weighted by Crippen LogP contribution is 2.38. The van der Waals surface area contributed by atoms with Crippen molar-refractivity contribution in [3.8, 4) is 0 Å². The van der Waals surface area contributed by atoms with Crippen LogP contribution in [0.3, 0.4) is 0 Å². The Balaban J connectivity index is 1.39. The van der Waals surface area contributed by atoms with E-state index in [9.17, 15) is 13.2 Å². The number of rotatable bonds is 6. The van der Waals surface area contributed by atoms with E-state index in [0.29, 0.717) is 43.8 Å². The molecular weight excluding hydrogens is 422 g/mol. The molecule has 2 fully saturated rings. The average molecular weight is 450 g/mol. The van der Waals surface area contributed by atoms with Gasteiger partial charge in [-0.3, -0.25) is 9.69 Å². The van der Waals surface area contributed by atoms with Gasteiger partial charge in [0.2, 0.25) is 10.0 Å². The van der Waals surface area contributed by atoms with Gasteiger partial charge in [-0.05, 0) is 57.4 Å². The van der Waals surface area contributed by atoms with Crippen molar-refractivity contribution in [2.75, 3.05) is 32.7 Å². The third-order valence-corrected chi connectivity index (χ3v) is 8.48. The summed E-state index contributed by atoms with van der Waals surface area (Å²) in [7, 11) is -3.58.